The number of thiophene rings is 1. The van der Waals surface area contributed by atoms with Gasteiger partial charge in [-0.05, 0) is 37.6 Å². The Labute approximate surface area is 221 Å². The van der Waals surface area contributed by atoms with Crippen LogP contribution < -0.4 is 5.32 Å². The van der Waals surface area contributed by atoms with Gasteiger partial charge in [0, 0.05) is 23.1 Å². The Balaban J connectivity index is 1.63. The van der Waals surface area contributed by atoms with Gasteiger partial charge in [0.25, 0.3) is 11.6 Å². The smallest absolute Gasteiger partial charge is 0.341 e. The summed E-state index contributed by atoms with van der Waals surface area (Å²) in [6.45, 7) is 3.79. The SMILES string of the molecule is CCOC(=O)c1c(-c2ccc(C)cc2)csc1NC(=O)C(C#N)=Cc1ccc(-c2ccccc2[N+](=O)[O-])o1. The molecule has 190 valence electrons. The monoisotopic (exact) mass is 527 g/mol. The molecule has 4 aromatic rings. The summed E-state index contributed by atoms with van der Waals surface area (Å²) >= 11 is 1.14. The number of carbonyl (C=O) groups is 2. The molecular formula is C28H21N3O6S. The number of amides is 1. The fourth-order valence-corrected chi connectivity index (χ4v) is 4.63. The van der Waals surface area contributed by atoms with Gasteiger partial charge in [-0.15, -0.1) is 11.3 Å². The van der Waals surface area contributed by atoms with E-state index in [0.29, 0.717) is 5.56 Å². The van der Waals surface area contributed by atoms with Crippen molar-refractivity contribution >= 4 is 40.0 Å². The summed E-state index contributed by atoms with van der Waals surface area (Å²) in [4.78, 5) is 36.6. The number of carbonyl (C=O) groups excluding carboxylic acids is 2. The number of anilines is 1. The van der Waals surface area contributed by atoms with Crippen molar-refractivity contribution in [2.75, 3.05) is 11.9 Å². The van der Waals surface area contributed by atoms with Crippen LogP contribution in [0.15, 0.2) is 76.0 Å². The van der Waals surface area contributed by atoms with Crippen LogP contribution in [0.25, 0.3) is 28.5 Å². The fraction of sp³-hybridized carbons (Fsp3) is 0.107. The van der Waals surface area contributed by atoms with E-state index in [1.54, 1.807) is 30.5 Å². The average Bonchev–Trinajstić information content (AvgIpc) is 3.55. The van der Waals surface area contributed by atoms with Crippen LogP contribution in [0, 0.1) is 28.4 Å². The predicted molar refractivity (Wildman–Crippen MR) is 143 cm³/mol. The fourth-order valence-electron chi connectivity index (χ4n) is 3.68. The lowest BCUT2D eigenvalue weighted by Crippen LogP contribution is -2.16. The molecule has 0 saturated carbocycles. The summed E-state index contributed by atoms with van der Waals surface area (Å²) in [7, 11) is 0. The molecule has 0 radical (unpaired) electrons. The number of hydrogen-bond donors (Lipinski definition) is 1. The van der Waals surface area contributed by atoms with Gasteiger partial charge in [0.2, 0.25) is 0 Å². The molecule has 1 N–H and O–H groups in total. The zero-order valence-electron chi connectivity index (χ0n) is 20.4. The largest absolute Gasteiger partial charge is 0.462 e. The van der Waals surface area contributed by atoms with Crippen LogP contribution in [0.4, 0.5) is 10.7 Å². The standard InChI is InChI=1S/C28H21N3O6S/c1-3-36-28(33)25-22(18-10-8-17(2)9-11-18)16-38-27(25)30-26(32)19(15-29)14-20-12-13-24(37-20)21-6-4-5-7-23(21)31(34)35/h4-14,16H,3H2,1-2H3,(H,30,32). The van der Waals surface area contributed by atoms with Gasteiger partial charge in [-0.3, -0.25) is 14.9 Å². The molecule has 0 unspecified atom stereocenters. The Hall–Kier alpha value is -5.01. The number of nitro groups is 1. The van der Waals surface area contributed by atoms with E-state index in [9.17, 15) is 25.0 Å². The summed E-state index contributed by atoms with van der Waals surface area (Å²) in [6.07, 6.45) is 1.23. The summed E-state index contributed by atoms with van der Waals surface area (Å²) in [5.41, 5.74) is 2.49. The van der Waals surface area contributed by atoms with E-state index in [2.05, 4.69) is 5.32 Å². The second-order valence-electron chi connectivity index (χ2n) is 8.04. The predicted octanol–water partition coefficient (Wildman–Crippen LogP) is 6.61. The maximum Gasteiger partial charge on any atom is 0.341 e. The first-order valence-electron chi connectivity index (χ1n) is 11.4. The van der Waals surface area contributed by atoms with Crippen LogP contribution >= 0.6 is 11.3 Å². The molecule has 0 fully saturated rings. The number of ether oxygens (including phenoxy) is 1. The Morgan fingerprint density at radius 3 is 2.55 bits per heavy atom. The molecule has 4 rings (SSSR count). The quantitative estimate of drug-likeness (QED) is 0.0894. The van der Waals surface area contributed by atoms with Crippen molar-refractivity contribution in [2.45, 2.75) is 13.8 Å². The van der Waals surface area contributed by atoms with E-state index in [-0.39, 0.29) is 45.5 Å². The number of nitrogens with one attached hydrogen (secondary N) is 1. The highest BCUT2D eigenvalue weighted by atomic mass is 32.1. The summed E-state index contributed by atoms with van der Waals surface area (Å²) in [6, 6.07) is 18.5. The van der Waals surface area contributed by atoms with Gasteiger partial charge < -0.3 is 14.5 Å². The molecule has 0 bridgehead atoms. The van der Waals surface area contributed by atoms with E-state index < -0.39 is 16.8 Å². The second-order valence-corrected chi connectivity index (χ2v) is 8.92. The minimum atomic E-state index is -0.751. The van der Waals surface area contributed by atoms with Crippen LogP contribution in [0.2, 0.25) is 0 Å². The summed E-state index contributed by atoms with van der Waals surface area (Å²) in [5, 5.41) is 25.6. The number of aryl methyl sites for hydroxylation is 1. The molecule has 10 heteroatoms. The minimum Gasteiger partial charge on any atom is -0.462 e. The van der Waals surface area contributed by atoms with Gasteiger partial charge in [0.05, 0.1) is 17.1 Å². The molecule has 2 aromatic heterocycles. The molecule has 2 heterocycles. The van der Waals surface area contributed by atoms with Gasteiger partial charge in [-0.1, -0.05) is 42.0 Å². The number of furan rings is 1. The molecule has 0 atom stereocenters. The molecule has 38 heavy (non-hydrogen) atoms. The lowest BCUT2D eigenvalue weighted by Gasteiger charge is -2.09. The topological polar surface area (TPSA) is 135 Å². The van der Waals surface area contributed by atoms with Crippen molar-refractivity contribution in [3.05, 3.63) is 98.6 Å². The Morgan fingerprint density at radius 2 is 1.87 bits per heavy atom. The van der Waals surface area contributed by atoms with E-state index in [0.717, 1.165) is 22.5 Å². The molecule has 0 aliphatic rings. The Morgan fingerprint density at radius 1 is 1.13 bits per heavy atom. The molecule has 1 amide bonds. The van der Waals surface area contributed by atoms with Crippen LogP contribution in [0.1, 0.15) is 28.6 Å². The van der Waals surface area contributed by atoms with Crippen molar-refractivity contribution in [3.8, 4) is 28.5 Å². The van der Waals surface area contributed by atoms with Crippen molar-refractivity contribution in [3.63, 3.8) is 0 Å². The number of nitriles is 1. The molecule has 0 spiro atoms. The molecule has 0 aliphatic heterocycles. The van der Waals surface area contributed by atoms with E-state index >= 15 is 0 Å². The van der Waals surface area contributed by atoms with Gasteiger partial charge >= 0.3 is 5.97 Å². The third kappa shape index (κ3) is 5.53. The number of nitrogens with zero attached hydrogens (tertiary/aromatic N) is 2. The van der Waals surface area contributed by atoms with E-state index in [1.807, 2.05) is 37.3 Å². The number of nitro benzene ring substituents is 1. The van der Waals surface area contributed by atoms with Gasteiger partial charge in [0.15, 0.2) is 0 Å². The minimum absolute atomic E-state index is 0.135. The zero-order valence-corrected chi connectivity index (χ0v) is 21.2. The van der Waals surface area contributed by atoms with Gasteiger partial charge in [0.1, 0.15) is 33.7 Å². The highest BCUT2D eigenvalue weighted by Gasteiger charge is 2.24. The second kappa shape index (κ2) is 11.4. The van der Waals surface area contributed by atoms with Crippen molar-refractivity contribution in [2.24, 2.45) is 0 Å². The molecule has 9 nitrogen and oxygen atoms in total. The average molecular weight is 528 g/mol. The summed E-state index contributed by atoms with van der Waals surface area (Å²) < 4.78 is 10.9. The number of hydrogen-bond acceptors (Lipinski definition) is 8. The molecular weight excluding hydrogens is 506 g/mol. The Kier molecular flexibility index (Phi) is 7.80. The number of esters is 1. The number of para-hydroxylation sites is 1. The third-order valence-corrected chi connectivity index (χ3v) is 6.40. The van der Waals surface area contributed by atoms with Gasteiger partial charge in [-0.25, -0.2) is 4.79 Å². The van der Waals surface area contributed by atoms with Gasteiger partial charge in [-0.2, -0.15) is 5.26 Å². The first-order chi connectivity index (χ1) is 18.3. The highest BCUT2D eigenvalue weighted by Crippen LogP contribution is 2.37. The highest BCUT2D eigenvalue weighted by molar-refractivity contribution is 7.15. The van der Waals surface area contributed by atoms with Crippen molar-refractivity contribution in [1.29, 1.82) is 5.26 Å². The van der Waals surface area contributed by atoms with Crippen LogP contribution in [-0.2, 0) is 9.53 Å². The number of rotatable bonds is 8. The van der Waals surface area contributed by atoms with Crippen LogP contribution in [0.5, 0.6) is 0 Å². The van der Waals surface area contributed by atoms with Crippen molar-refractivity contribution < 1.29 is 23.7 Å². The molecule has 2 aromatic carbocycles. The normalized spacial score (nSPS) is 11.0. The maximum atomic E-state index is 13.0. The lowest BCUT2D eigenvalue weighted by molar-refractivity contribution is -0.384. The first kappa shape index (κ1) is 26.1. The third-order valence-electron chi connectivity index (χ3n) is 5.50. The zero-order chi connectivity index (χ0) is 27.2. The number of benzene rings is 2. The van der Waals surface area contributed by atoms with Crippen molar-refractivity contribution in [1.82, 2.24) is 0 Å². The first-order valence-corrected chi connectivity index (χ1v) is 12.3. The van der Waals surface area contributed by atoms with E-state index in [4.69, 9.17) is 9.15 Å². The van der Waals surface area contributed by atoms with Crippen LogP contribution in [-0.4, -0.2) is 23.4 Å². The Bertz CT molecular complexity index is 1590. The van der Waals surface area contributed by atoms with E-state index in [1.165, 1.54) is 24.3 Å². The van der Waals surface area contributed by atoms with Crippen LogP contribution in [0.3, 0.4) is 0 Å². The molecule has 0 saturated heterocycles. The lowest BCUT2D eigenvalue weighted by atomic mass is 10.0. The molecule has 0 aliphatic carbocycles. The maximum absolute atomic E-state index is 13.0. The summed E-state index contributed by atoms with van der Waals surface area (Å²) in [5.74, 6) is -0.977.